The molecule has 23 heavy (non-hydrogen) atoms. The molecule has 1 aromatic carbocycles. The van der Waals surface area contributed by atoms with Crippen molar-refractivity contribution in [2.24, 2.45) is 0 Å². The second kappa shape index (κ2) is 8.39. The van der Waals surface area contributed by atoms with Gasteiger partial charge in [-0.25, -0.2) is 0 Å². The first kappa shape index (κ1) is 17.9. The van der Waals surface area contributed by atoms with E-state index in [1.807, 2.05) is 6.07 Å². The number of hydrogen-bond acceptors (Lipinski definition) is 7. The molecule has 1 aliphatic heterocycles. The summed E-state index contributed by atoms with van der Waals surface area (Å²) < 4.78 is 38.7. The van der Waals surface area contributed by atoms with E-state index < -0.39 is 10.1 Å². The molecule has 0 saturated carbocycles. The van der Waals surface area contributed by atoms with E-state index in [1.165, 1.54) is 7.11 Å². The Bertz CT molecular complexity index is 604. The summed E-state index contributed by atoms with van der Waals surface area (Å²) in [6, 6.07) is 8.47. The van der Waals surface area contributed by atoms with Crippen LogP contribution < -0.4 is 5.32 Å². The van der Waals surface area contributed by atoms with Crippen LogP contribution in [0.25, 0.3) is 0 Å². The van der Waals surface area contributed by atoms with Gasteiger partial charge in [0.1, 0.15) is 11.8 Å². The van der Waals surface area contributed by atoms with Crippen LogP contribution >= 0.6 is 0 Å². The summed E-state index contributed by atoms with van der Waals surface area (Å²) in [6.07, 6.45) is 0.350. The van der Waals surface area contributed by atoms with Gasteiger partial charge in [0.2, 0.25) is 0 Å². The van der Waals surface area contributed by atoms with Gasteiger partial charge in [0.15, 0.2) is 0 Å². The van der Waals surface area contributed by atoms with Gasteiger partial charge in [-0.05, 0) is 5.56 Å². The summed E-state index contributed by atoms with van der Waals surface area (Å²) in [5, 5.41) is 2.99. The zero-order valence-corrected chi connectivity index (χ0v) is 13.8. The van der Waals surface area contributed by atoms with Gasteiger partial charge in [0.25, 0.3) is 10.1 Å². The predicted octanol–water partition coefficient (Wildman–Crippen LogP) is 0.453. The molecule has 0 radical (unpaired) electrons. The van der Waals surface area contributed by atoms with Gasteiger partial charge in [-0.1, -0.05) is 30.3 Å². The Hall–Kier alpha value is -1.48. The molecule has 0 amide bonds. The first-order valence-corrected chi connectivity index (χ1v) is 8.92. The maximum absolute atomic E-state index is 11.8. The lowest BCUT2D eigenvalue weighted by Crippen LogP contribution is -2.31. The van der Waals surface area contributed by atoms with Crippen molar-refractivity contribution < 1.29 is 26.9 Å². The Kier molecular flexibility index (Phi) is 6.52. The molecule has 128 valence electrons. The van der Waals surface area contributed by atoms with E-state index in [2.05, 4.69) is 10.1 Å². The van der Waals surface area contributed by atoms with Gasteiger partial charge in [0, 0.05) is 13.0 Å². The quantitative estimate of drug-likeness (QED) is 0.416. The summed E-state index contributed by atoms with van der Waals surface area (Å²) >= 11 is 0. The van der Waals surface area contributed by atoms with Crippen molar-refractivity contribution in [2.45, 2.75) is 24.3 Å². The van der Waals surface area contributed by atoms with E-state index in [-0.39, 0.29) is 37.1 Å². The Morgan fingerprint density at radius 2 is 2.00 bits per heavy atom. The van der Waals surface area contributed by atoms with Gasteiger partial charge in [0.05, 0.1) is 26.4 Å². The molecule has 0 unspecified atom stereocenters. The number of carbonyl (C=O) groups is 1. The van der Waals surface area contributed by atoms with Crippen LogP contribution in [-0.4, -0.2) is 53.4 Å². The maximum Gasteiger partial charge on any atom is 0.322 e. The fraction of sp³-hybridized carbons (Fsp3) is 0.533. The van der Waals surface area contributed by atoms with E-state index in [9.17, 15) is 13.2 Å². The van der Waals surface area contributed by atoms with E-state index in [0.717, 1.165) is 0 Å². The average molecular weight is 343 g/mol. The predicted molar refractivity (Wildman–Crippen MR) is 83.2 cm³/mol. The Morgan fingerprint density at radius 3 is 2.70 bits per heavy atom. The molecular formula is C15H21NO6S. The molecule has 1 aliphatic rings. The fourth-order valence-corrected chi connectivity index (χ4v) is 3.35. The number of esters is 1. The van der Waals surface area contributed by atoms with Crippen molar-refractivity contribution in [1.82, 2.24) is 5.32 Å². The summed E-state index contributed by atoms with van der Waals surface area (Å²) in [5.74, 6) is -0.485. The van der Waals surface area contributed by atoms with Gasteiger partial charge in [-0.15, -0.1) is 0 Å². The number of methoxy groups -OCH3 is 1. The van der Waals surface area contributed by atoms with Gasteiger partial charge < -0.3 is 14.8 Å². The van der Waals surface area contributed by atoms with E-state index in [1.54, 1.807) is 24.3 Å². The fourth-order valence-electron chi connectivity index (χ4n) is 2.35. The molecule has 0 aliphatic carbocycles. The second-order valence-electron chi connectivity index (χ2n) is 5.22. The van der Waals surface area contributed by atoms with E-state index in [0.29, 0.717) is 18.5 Å². The topological polar surface area (TPSA) is 90.9 Å². The molecule has 8 heteroatoms. The molecule has 2 atom stereocenters. The summed E-state index contributed by atoms with van der Waals surface area (Å²) in [5.41, 5.74) is 0.675. The highest BCUT2D eigenvalue weighted by Crippen LogP contribution is 2.12. The average Bonchev–Trinajstić information content (AvgIpc) is 3.00. The van der Waals surface area contributed by atoms with Gasteiger partial charge >= 0.3 is 5.97 Å². The summed E-state index contributed by atoms with van der Waals surface area (Å²) in [4.78, 5) is 11.4. The zero-order chi connectivity index (χ0) is 16.7. The third-order valence-corrected chi connectivity index (χ3v) is 4.67. The number of carbonyl (C=O) groups excluding carboxylic acids is 1. The molecule has 1 saturated heterocycles. The largest absolute Gasteiger partial charge is 0.468 e. The minimum atomic E-state index is -3.63. The van der Waals surface area contributed by atoms with Crippen molar-refractivity contribution in [1.29, 1.82) is 0 Å². The highest BCUT2D eigenvalue weighted by Gasteiger charge is 2.30. The van der Waals surface area contributed by atoms with Crippen molar-refractivity contribution >= 4 is 16.1 Å². The van der Waals surface area contributed by atoms with Crippen LogP contribution in [-0.2, 0) is 34.3 Å². The molecule has 0 spiro atoms. The van der Waals surface area contributed by atoms with Crippen LogP contribution in [0.2, 0.25) is 0 Å². The van der Waals surface area contributed by atoms with Crippen molar-refractivity contribution in [3.8, 4) is 0 Å². The SMILES string of the molecule is COC(=O)[C@@H]1C[C@@H](OCCOS(=O)(=O)Cc2ccccc2)CN1. The van der Waals surface area contributed by atoms with E-state index in [4.69, 9.17) is 8.92 Å². The lowest BCUT2D eigenvalue weighted by Gasteiger charge is -2.11. The smallest absolute Gasteiger partial charge is 0.322 e. The molecular weight excluding hydrogens is 322 g/mol. The van der Waals surface area contributed by atoms with Crippen molar-refractivity contribution in [3.05, 3.63) is 35.9 Å². The van der Waals surface area contributed by atoms with Crippen molar-refractivity contribution in [2.75, 3.05) is 26.9 Å². The minimum Gasteiger partial charge on any atom is -0.468 e. The molecule has 0 aromatic heterocycles. The molecule has 1 fully saturated rings. The zero-order valence-electron chi connectivity index (χ0n) is 12.9. The Morgan fingerprint density at radius 1 is 1.26 bits per heavy atom. The van der Waals surface area contributed by atoms with Crippen LogP contribution in [0.1, 0.15) is 12.0 Å². The number of benzene rings is 1. The number of ether oxygens (including phenoxy) is 2. The highest BCUT2D eigenvalue weighted by molar-refractivity contribution is 7.85. The van der Waals surface area contributed by atoms with Crippen molar-refractivity contribution in [3.63, 3.8) is 0 Å². The third kappa shape index (κ3) is 5.91. The summed E-state index contributed by atoms with van der Waals surface area (Å²) in [6.45, 7) is 0.624. The standard InChI is InChI=1S/C15H21NO6S/c1-20-15(17)14-9-13(10-16-14)21-7-8-22-23(18,19)11-12-5-3-2-4-6-12/h2-6,13-14,16H,7-11H2,1H3/t13-,14+/m1/s1. The Labute approximate surface area is 136 Å². The molecule has 1 heterocycles. The lowest BCUT2D eigenvalue weighted by molar-refractivity contribution is -0.142. The van der Waals surface area contributed by atoms with Crippen LogP contribution in [0.5, 0.6) is 0 Å². The van der Waals surface area contributed by atoms with Gasteiger partial charge in [-0.3, -0.25) is 8.98 Å². The number of rotatable bonds is 8. The lowest BCUT2D eigenvalue weighted by atomic mass is 10.2. The maximum atomic E-state index is 11.8. The monoisotopic (exact) mass is 343 g/mol. The third-order valence-electron chi connectivity index (χ3n) is 3.46. The minimum absolute atomic E-state index is 0.0471. The van der Waals surface area contributed by atoms with Crippen LogP contribution in [0.4, 0.5) is 0 Å². The first-order valence-electron chi connectivity index (χ1n) is 7.34. The molecule has 1 N–H and O–H groups in total. The Balaban J connectivity index is 1.66. The normalized spacial score (nSPS) is 21.3. The summed E-state index contributed by atoms with van der Waals surface area (Å²) in [7, 11) is -2.29. The van der Waals surface area contributed by atoms with Crippen LogP contribution in [0.3, 0.4) is 0 Å². The highest BCUT2D eigenvalue weighted by atomic mass is 32.2. The number of nitrogens with one attached hydrogen (secondary N) is 1. The molecule has 1 aromatic rings. The van der Waals surface area contributed by atoms with Crippen LogP contribution in [0, 0.1) is 0 Å². The molecule has 0 bridgehead atoms. The van der Waals surface area contributed by atoms with E-state index >= 15 is 0 Å². The molecule has 7 nitrogen and oxygen atoms in total. The van der Waals surface area contributed by atoms with Gasteiger partial charge in [-0.2, -0.15) is 8.42 Å². The second-order valence-corrected chi connectivity index (χ2v) is 6.86. The van der Waals surface area contributed by atoms with Crippen LogP contribution in [0.15, 0.2) is 30.3 Å². The molecule has 2 rings (SSSR count). The number of hydrogen-bond donors (Lipinski definition) is 1. The first-order chi connectivity index (χ1) is 11.0.